The molecule has 2 aromatic rings. The number of aryl methyl sites for hydroxylation is 2. The summed E-state index contributed by atoms with van der Waals surface area (Å²) in [5.41, 5.74) is 1.64. The molecule has 1 amide bonds. The first-order chi connectivity index (χ1) is 10.4. The molecule has 0 spiro atoms. The zero-order valence-corrected chi connectivity index (χ0v) is 12.4. The monoisotopic (exact) mass is 307 g/mol. The van der Waals surface area contributed by atoms with E-state index in [0.717, 1.165) is 12.1 Å². The predicted molar refractivity (Wildman–Crippen MR) is 76.7 cm³/mol. The molecule has 0 aliphatic carbocycles. The lowest BCUT2D eigenvalue weighted by molar-refractivity contribution is -0.115. The maximum Gasteiger partial charge on any atom is 0.316 e. The number of nitrogens with zero attached hydrogens (tertiary/aromatic N) is 2. The summed E-state index contributed by atoms with van der Waals surface area (Å²) in [4.78, 5) is 20.2. The standard InChI is InChI=1S/C15H15F2N3O2/c1-8-14(9(2)19-15(18-8)22-3)20-13(21)6-10-4-5-11(16)7-12(10)17/h4-5,7H,6H2,1-3H3,(H,20,21). The molecule has 0 saturated carbocycles. The maximum absolute atomic E-state index is 13.5. The first-order valence-corrected chi connectivity index (χ1v) is 6.53. The molecule has 0 atom stereocenters. The summed E-state index contributed by atoms with van der Waals surface area (Å²) in [6, 6.07) is 3.31. The van der Waals surface area contributed by atoms with Crippen molar-refractivity contribution in [3.8, 4) is 6.01 Å². The van der Waals surface area contributed by atoms with Crippen LogP contribution in [0.1, 0.15) is 17.0 Å². The molecule has 0 unspecified atom stereocenters. The fourth-order valence-corrected chi connectivity index (χ4v) is 1.98. The fourth-order valence-electron chi connectivity index (χ4n) is 1.98. The van der Waals surface area contributed by atoms with E-state index in [1.807, 2.05) is 0 Å². The predicted octanol–water partition coefficient (Wildman–Crippen LogP) is 2.56. The Morgan fingerprint density at radius 1 is 1.23 bits per heavy atom. The number of rotatable bonds is 4. The molecule has 5 nitrogen and oxygen atoms in total. The number of methoxy groups -OCH3 is 1. The third-order valence-electron chi connectivity index (χ3n) is 3.06. The Hall–Kier alpha value is -2.57. The molecule has 1 heterocycles. The average molecular weight is 307 g/mol. The SMILES string of the molecule is COc1nc(C)c(NC(=O)Cc2ccc(F)cc2F)c(C)n1. The lowest BCUT2D eigenvalue weighted by Crippen LogP contribution is -2.18. The Labute approximate surface area is 126 Å². The fraction of sp³-hybridized carbons (Fsp3) is 0.267. The van der Waals surface area contributed by atoms with Crippen LogP contribution in [0.4, 0.5) is 14.5 Å². The Morgan fingerprint density at radius 2 is 1.86 bits per heavy atom. The molecular formula is C15H15F2N3O2. The van der Waals surface area contributed by atoms with Crippen molar-refractivity contribution in [3.63, 3.8) is 0 Å². The summed E-state index contributed by atoms with van der Waals surface area (Å²) in [5.74, 6) is -1.88. The number of carbonyl (C=O) groups excluding carboxylic acids is 1. The number of aromatic nitrogens is 2. The van der Waals surface area contributed by atoms with Gasteiger partial charge in [-0.15, -0.1) is 0 Å². The highest BCUT2D eigenvalue weighted by molar-refractivity contribution is 5.93. The minimum absolute atomic E-state index is 0.114. The Balaban J connectivity index is 2.15. The van der Waals surface area contributed by atoms with E-state index in [-0.39, 0.29) is 18.0 Å². The van der Waals surface area contributed by atoms with Gasteiger partial charge in [0.1, 0.15) is 11.6 Å². The highest BCUT2D eigenvalue weighted by Gasteiger charge is 2.14. The second kappa shape index (κ2) is 6.46. The molecule has 0 fully saturated rings. The number of nitrogens with one attached hydrogen (secondary N) is 1. The van der Waals surface area contributed by atoms with Crippen LogP contribution in [0.3, 0.4) is 0 Å². The molecule has 22 heavy (non-hydrogen) atoms. The van der Waals surface area contributed by atoms with Crippen LogP contribution in [0.15, 0.2) is 18.2 Å². The molecule has 1 aromatic carbocycles. The number of amides is 1. The second-order valence-corrected chi connectivity index (χ2v) is 4.72. The minimum atomic E-state index is -0.755. The Bertz CT molecular complexity index is 697. The van der Waals surface area contributed by atoms with Gasteiger partial charge in [0.2, 0.25) is 5.91 Å². The second-order valence-electron chi connectivity index (χ2n) is 4.72. The van der Waals surface area contributed by atoms with Gasteiger partial charge in [-0.05, 0) is 25.5 Å². The highest BCUT2D eigenvalue weighted by atomic mass is 19.1. The average Bonchev–Trinajstić information content (AvgIpc) is 2.45. The summed E-state index contributed by atoms with van der Waals surface area (Å²) in [5, 5.41) is 2.64. The first-order valence-electron chi connectivity index (χ1n) is 6.53. The molecule has 1 aromatic heterocycles. The van der Waals surface area contributed by atoms with Crippen LogP contribution in [0.5, 0.6) is 6.01 Å². The Kier molecular flexibility index (Phi) is 4.65. The number of anilines is 1. The van der Waals surface area contributed by atoms with E-state index >= 15 is 0 Å². The van der Waals surface area contributed by atoms with Gasteiger partial charge in [0.15, 0.2) is 0 Å². The van der Waals surface area contributed by atoms with Crippen LogP contribution in [-0.4, -0.2) is 23.0 Å². The number of hydrogen-bond acceptors (Lipinski definition) is 4. The minimum Gasteiger partial charge on any atom is -0.467 e. The van der Waals surface area contributed by atoms with E-state index in [1.165, 1.54) is 13.2 Å². The molecule has 7 heteroatoms. The zero-order valence-electron chi connectivity index (χ0n) is 12.4. The van der Waals surface area contributed by atoms with Gasteiger partial charge in [0, 0.05) is 6.07 Å². The van der Waals surface area contributed by atoms with Gasteiger partial charge in [0.25, 0.3) is 0 Å². The van der Waals surface area contributed by atoms with E-state index in [1.54, 1.807) is 13.8 Å². The quantitative estimate of drug-likeness (QED) is 0.943. The lowest BCUT2D eigenvalue weighted by Gasteiger charge is -2.11. The van der Waals surface area contributed by atoms with Gasteiger partial charge in [0.05, 0.1) is 30.6 Å². The summed E-state index contributed by atoms with van der Waals surface area (Å²) in [7, 11) is 1.45. The van der Waals surface area contributed by atoms with Crippen molar-refractivity contribution < 1.29 is 18.3 Å². The van der Waals surface area contributed by atoms with Crippen LogP contribution in [-0.2, 0) is 11.2 Å². The van der Waals surface area contributed by atoms with Crippen LogP contribution in [0.25, 0.3) is 0 Å². The highest BCUT2D eigenvalue weighted by Crippen LogP contribution is 2.20. The van der Waals surface area contributed by atoms with Crippen molar-refractivity contribution >= 4 is 11.6 Å². The van der Waals surface area contributed by atoms with Gasteiger partial charge in [-0.3, -0.25) is 4.79 Å². The first kappa shape index (κ1) is 15.8. The van der Waals surface area contributed by atoms with Crippen molar-refractivity contribution in [2.75, 3.05) is 12.4 Å². The van der Waals surface area contributed by atoms with E-state index in [0.29, 0.717) is 17.1 Å². The van der Waals surface area contributed by atoms with Crippen LogP contribution in [0, 0.1) is 25.5 Å². The molecule has 1 N–H and O–H groups in total. The maximum atomic E-state index is 13.5. The van der Waals surface area contributed by atoms with Crippen molar-refractivity contribution in [2.45, 2.75) is 20.3 Å². The molecule has 0 saturated heterocycles. The molecule has 116 valence electrons. The van der Waals surface area contributed by atoms with E-state index in [4.69, 9.17) is 4.74 Å². The van der Waals surface area contributed by atoms with Gasteiger partial charge < -0.3 is 10.1 Å². The van der Waals surface area contributed by atoms with Crippen molar-refractivity contribution in [2.24, 2.45) is 0 Å². The third-order valence-corrected chi connectivity index (χ3v) is 3.06. The van der Waals surface area contributed by atoms with E-state index < -0.39 is 17.5 Å². The van der Waals surface area contributed by atoms with Gasteiger partial charge >= 0.3 is 6.01 Å². The number of halogens is 2. The van der Waals surface area contributed by atoms with Crippen LogP contribution < -0.4 is 10.1 Å². The molecule has 0 radical (unpaired) electrons. The van der Waals surface area contributed by atoms with E-state index in [9.17, 15) is 13.6 Å². The molecule has 0 bridgehead atoms. The van der Waals surface area contributed by atoms with Crippen molar-refractivity contribution in [1.82, 2.24) is 9.97 Å². The van der Waals surface area contributed by atoms with E-state index in [2.05, 4.69) is 15.3 Å². The molecule has 0 aliphatic heterocycles. The van der Waals surface area contributed by atoms with Crippen molar-refractivity contribution in [1.29, 1.82) is 0 Å². The smallest absolute Gasteiger partial charge is 0.316 e. The number of hydrogen-bond donors (Lipinski definition) is 1. The molecule has 0 aliphatic rings. The van der Waals surface area contributed by atoms with Gasteiger partial charge in [-0.1, -0.05) is 6.07 Å². The van der Waals surface area contributed by atoms with Crippen LogP contribution >= 0.6 is 0 Å². The summed E-state index contributed by atoms with van der Waals surface area (Å²) < 4.78 is 31.3. The number of carbonyl (C=O) groups is 1. The van der Waals surface area contributed by atoms with Gasteiger partial charge in [-0.2, -0.15) is 9.97 Å². The summed E-state index contributed by atoms with van der Waals surface area (Å²) in [6.45, 7) is 3.40. The number of benzene rings is 1. The third kappa shape index (κ3) is 3.55. The normalized spacial score (nSPS) is 10.4. The van der Waals surface area contributed by atoms with Crippen LogP contribution in [0.2, 0.25) is 0 Å². The largest absolute Gasteiger partial charge is 0.467 e. The summed E-state index contributed by atoms with van der Waals surface area (Å²) in [6.07, 6.45) is -0.211. The molecule has 2 rings (SSSR count). The van der Waals surface area contributed by atoms with Crippen molar-refractivity contribution in [3.05, 3.63) is 46.8 Å². The zero-order chi connectivity index (χ0) is 16.3. The summed E-state index contributed by atoms with van der Waals surface area (Å²) >= 11 is 0. The van der Waals surface area contributed by atoms with Gasteiger partial charge in [-0.25, -0.2) is 8.78 Å². The molecular weight excluding hydrogens is 292 g/mol. The number of ether oxygens (including phenoxy) is 1. The topological polar surface area (TPSA) is 64.1 Å². The lowest BCUT2D eigenvalue weighted by atomic mass is 10.1. The Morgan fingerprint density at radius 3 is 2.41 bits per heavy atom.